The lowest BCUT2D eigenvalue weighted by atomic mass is 9.56. The first-order valence-electron chi connectivity index (χ1n) is 9.37. The Kier molecular flexibility index (Phi) is 6.17. The van der Waals surface area contributed by atoms with E-state index in [0.717, 1.165) is 28.0 Å². The Morgan fingerprint density at radius 1 is 1.38 bits per heavy atom. The predicted octanol–water partition coefficient (Wildman–Crippen LogP) is 5.05. The largest absolute Gasteiger partial charge is 0.493 e. The van der Waals surface area contributed by atoms with Gasteiger partial charge in [0.1, 0.15) is 5.75 Å². The van der Waals surface area contributed by atoms with Crippen LogP contribution in [0.5, 0.6) is 5.75 Å². The minimum absolute atomic E-state index is 0.00375. The van der Waals surface area contributed by atoms with Crippen molar-refractivity contribution in [1.82, 2.24) is 0 Å². The molecule has 4 heteroatoms. The van der Waals surface area contributed by atoms with Gasteiger partial charge in [0.25, 0.3) is 0 Å². The number of aliphatic carboxylic acids is 1. The first-order valence-corrected chi connectivity index (χ1v) is 9.37. The fraction of sp³-hybridized carbons (Fsp3) is 0.591. The van der Waals surface area contributed by atoms with Gasteiger partial charge in [-0.2, -0.15) is 0 Å². The van der Waals surface area contributed by atoms with Gasteiger partial charge in [0.2, 0.25) is 0 Å². The average molecular weight is 360 g/mol. The normalized spacial score (nSPS) is 24.5. The molecule has 1 N–H and O–H groups in total. The Balaban J connectivity index is 2.38. The number of carboxylic acids is 1. The van der Waals surface area contributed by atoms with Crippen LogP contribution in [0.15, 0.2) is 18.7 Å². The van der Waals surface area contributed by atoms with Crippen LogP contribution < -0.4 is 4.74 Å². The van der Waals surface area contributed by atoms with Gasteiger partial charge < -0.3 is 14.6 Å². The molecule has 1 aromatic rings. The number of aryl methyl sites for hydroxylation is 1. The van der Waals surface area contributed by atoms with E-state index in [1.807, 2.05) is 20.8 Å². The molecule has 0 radical (unpaired) electrons. The summed E-state index contributed by atoms with van der Waals surface area (Å²) in [7, 11) is 1.65. The van der Waals surface area contributed by atoms with Gasteiger partial charge in [-0.25, -0.2) is 0 Å². The maximum absolute atomic E-state index is 12.0. The van der Waals surface area contributed by atoms with Crippen LogP contribution in [0.4, 0.5) is 0 Å². The molecule has 2 atom stereocenters. The van der Waals surface area contributed by atoms with E-state index in [1.165, 1.54) is 0 Å². The van der Waals surface area contributed by atoms with E-state index in [2.05, 4.69) is 32.6 Å². The number of hydrogen-bond acceptors (Lipinski definition) is 3. The van der Waals surface area contributed by atoms with Crippen molar-refractivity contribution < 1.29 is 19.4 Å². The monoisotopic (exact) mass is 360 g/mol. The highest BCUT2D eigenvalue weighted by atomic mass is 16.5. The number of carboxylic acid groups (broad SMARTS) is 1. The molecule has 1 saturated carbocycles. The van der Waals surface area contributed by atoms with E-state index >= 15 is 0 Å². The topological polar surface area (TPSA) is 55.8 Å². The quantitative estimate of drug-likeness (QED) is 0.705. The van der Waals surface area contributed by atoms with Crippen molar-refractivity contribution in [3.8, 4) is 5.75 Å². The van der Waals surface area contributed by atoms with Crippen molar-refractivity contribution in [2.75, 3.05) is 13.7 Å². The van der Waals surface area contributed by atoms with Crippen molar-refractivity contribution >= 4 is 11.5 Å². The predicted molar refractivity (Wildman–Crippen MR) is 105 cm³/mol. The van der Waals surface area contributed by atoms with Gasteiger partial charge >= 0.3 is 5.97 Å². The fourth-order valence-corrected chi connectivity index (χ4v) is 4.29. The molecule has 0 spiro atoms. The average Bonchev–Trinajstić information content (AvgIpc) is 2.52. The minimum atomic E-state index is -0.717. The van der Waals surface area contributed by atoms with Crippen LogP contribution in [0.25, 0.3) is 5.57 Å². The second-order valence-electron chi connectivity index (χ2n) is 7.73. The zero-order chi connectivity index (χ0) is 19.6. The van der Waals surface area contributed by atoms with Gasteiger partial charge in [-0.3, -0.25) is 4.79 Å². The Labute approximate surface area is 157 Å². The summed E-state index contributed by atoms with van der Waals surface area (Å²) in [5.41, 5.74) is 3.54. The molecular weight excluding hydrogens is 328 g/mol. The zero-order valence-electron chi connectivity index (χ0n) is 16.9. The standard InChI is InChI=1S/C22H32O4/c1-8-26-19-10-17(9-14(4)20(19)13(2)3)15(5)16(6)22(21(23)24)11-18(12-22)25-7/h9-10,15-16,18H,2,8,11-12H2,1,3-7H3,(H,23,24)/t15?,16?,18-,22-. The second-order valence-corrected chi connectivity index (χ2v) is 7.73. The Hall–Kier alpha value is -1.81. The maximum atomic E-state index is 12.0. The lowest BCUT2D eigenvalue weighted by Crippen LogP contribution is -2.52. The molecule has 2 rings (SSSR count). The highest BCUT2D eigenvalue weighted by Crippen LogP contribution is 2.53. The van der Waals surface area contributed by atoms with Gasteiger partial charge in [0, 0.05) is 12.7 Å². The van der Waals surface area contributed by atoms with Crippen LogP contribution >= 0.6 is 0 Å². The smallest absolute Gasteiger partial charge is 0.310 e. The number of rotatable bonds is 8. The molecule has 0 saturated heterocycles. The summed E-state index contributed by atoms with van der Waals surface area (Å²) in [6.45, 7) is 14.8. The first kappa shape index (κ1) is 20.5. The summed E-state index contributed by atoms with van der Waals surface area (Å²) in [4.78, 5) is 12.0. The third kappa shape index (κ3) is 3.52. The van der Waals surface area contributed by atoms with Crippen molar-refractivity contribution in [1.29, 1.82) is 0 Å². The third-order valence-corrected chi connectivity index (χ3v) is 6.14. The van der Waals surface area contributed by atoms with Gasteiger partial charge in [-0.05, 0) is 68.2 Å². The van der Waals surface area contributed by atoms with E-state index in [4.69, 9.17) is 9.47 Å². The molecule has 144 valence electrons. The SMILES string of the molecule is C=C(C)c1c(C)cc(C(C)C(C)[C@]2(C(=O)O)C[C@H](OC)C2)cc1OCC. The van der Waals surface area contributed by atoms with Crippen molar-refractivity contribution in [3.05, 3.63) is 35.4 Å². The molecular formula is C22H32O4. The van der Waals surface area contributed by atoms with E-state index in [0.29, 0.717) is 19.4 Å². The van der Waals surface area contributed by atoms with Crippen LogP contribution in [0, 0.1) is 18.3 Å². The zero-order valence-corrected chi connectivity index (χ0v) is 16.9. The molecule has 1 aliphatic rings. The van der Waals surface area contributed by atoms with Gasteiger partial charge in [0.05, 0.1) is 18.1 Å². The summed E-state index contributed by atoms with van der Waals surface area (Å²) in [5.74, 6) is 0.212. The van der Waals surface area contributed by atoms with E-state index < -0.39 is 11.4 Å². The highest BCUT2D eigenvalue weighted by Gasteiger charge is 2.55. The number of allylic oxidation sites excluding steroid dienone is 1. The summed E-state index contributed by atoms with van der Waals surface area (Å²) >= 11 is 0. The van der Waals surface area contributed by atoms with Crippen LogP contribution in [0.3, 0.4) is 0 Å². The first-order chi connectivity index (χ1) is 12.2. The number of benzene rings is 1. The van der Waals surface area contributed by atoms with Crippen LogP contribution in [0.1, 0.15) is 63.1 Å². The molecule has 0 amide bonds. The summed E-state index contributed by atoms with van der Waals surface area (Å²) < 4.78 is 11.2. The Morgan fingerprint density at radius 3 is 2.46 bits per heavy atom. The van der Waals surface area contributed by atoms with E-state index in [-0.39, 0.29) is 17.9 Å². The number of carbonyl (C=O) groups is 1. The lowest BCUT2D eigenvalue weighted by molar-refractivity contribution is -0.173. The third-order valence-electron chi connectivity index (χ3n) is 6.14. The Morgan fingerprint density at radius 2 is 2.00 bits per heavy atom. The Bertz CT molecular complexity index is 686. The van der Waals surface area contributed by atoms with Crippen molar-refractivity contribution in [3.63, 3.8) is 0 Å². The highest BCUT2D eigenvalue weighted by molar-refractivity contribution is 5.77. The lowest BCUT2D eigenvalue weighted by Gasteiger charge is -2.49. The number of hydrogen-bond donors (Lipinski definition) is 1. The number of ether oxygens (including phenoxy) is 2. The molecule has 0 heterocycles. The number of methoxy groups -OCH3 is 1. The van der Waals surface area contributed by atoms with Gasteiger partial charge in [-0.1, -0.05) is 26.5 Å². The summed E-state index contributed by atoms with van der Waals surface area (Å²) in [6, 6.07) is 4.21. The van der Waals surface area contributed by atoms with Crippen LogP contribution in [-0.2, 0) is 9.53 Å². The molecule has 1 fully saturated rings. The molecule has 1 aromatic carbocycles. The molecule has 1 aliphatic carbocycles. The summed E-state index contributed by atoms with van der Waals surface area (Å²) in [6.07, 6.45) is 1.20. The molecule has 26 heavy (non-hydrogen) atoms. The fourth-order valence-electron chi connectivity index (χ4n) is 4.29. The van der Waals surface area contributed by atoms with Crippen LogP contribution in [-0.4, -0.2) is 30.9 Å². The van der Waals surface area contributed by atoms with Gasteiger partial charge in [0.15, 0.2) is 0 Å². The van der Waals surface area contributed by atoms with Gasteiger partial charge in [-0.15, -0.1) is 0 Å². The van der Waals surface area contributed by atoms with Crippen LogP contribution in [0.2, 0.25) is 0 Å². The van der Waals surface area contributed by atoms with Crippen molar-refractivity contribution in [2.24, 2.45) is 11.3 Å². The molecule has 0 aliphatic heterocycles. The maximum Gasteiger partial charge on any atom is 0.310 e. The molecule has 0 aromatic heterocycles. The van der Waals surface area contributed by atoms with E-state index in [9.17, 15) is 9.90 Å². The second kappa shape index (κ2) is 7.83. The molecule has 2 unspecified atom stereocenters. The van der Waals surface area contributed by atoms with E-state index in [1.54, 1.807) is 7.11 Å². The van der Waals surface area contributed by atoms with Crippen molar-refractivity contribution in [2.45, 2.75) is 59.5 Å². The summed E-state index contributed by atoms with van der Waals surface area (Å²) in [5, 5.41) is 9.88. The minimum Gasteiger partial charge on any atom is -0.493 e. The molecule has 0 bridgehead atoms. The molecule has 4 nitrogen and oxygen atoms in total.